The predicted molar refractivity (Wildman–Crippen MR) is 86.6 cm³/mol. The molecule has 7 N–H and O–H groups in total. The molecule has 2 rings (SSSR count). The fourth-order valence-corrected chi connectivity index (χ4v) is 1.78. The zero-order valence-electron chi connectivity index (χ0n) is 11.7. The van der Waals surface area contributed by atoms with Crippen molar-refractivity contribution in [1.82, 2.24) is 4.98 Å². The van der Waals surface area contributed by atoms with Crippen LogP contribution in [0.3, 0.4) is 0 Å². The Morgan fingerprint density at radius 2 is 1.81 bits per heavy atom. The number of benzene rings is 1. The van der Waals surface area contributed by atoms with Gasteiger partial charge in [0.1, 0.15) is 0 Å². The standard InChI is InChI=1S/C16H19N5/c17-15(6-7-16(18)19)13-8-14(11-20-10-13)21-9-12-4-2-1-3-5-12/h1-8,10-11,21H,9,17-19H2/b15-6-. The monoisotopic (exact) mass is 281 g/mol. The van der Waals surface area contributed by atoms with E-state index in [-0.39, 0.29) is 5.82 Å². The first-order chi connectivity index (χ1) is 10.1. The maximum absolute atomic E-state index is 5.96. The maximum Gasteiger partial charge on any atom is 0.0934 e. The molecule has 0 radical (unpaired) electrons. The van der Waals surface area contributed by atoms with Gasteiger partial charge in [-0.25, -0.2) is 0 Å². The van der Waals surface area contributed by atoms with Crippen LogP contribution in [0.4, 0.5) is 5.69 Å². The van der Waals surface area contributed by atoms with Crippen LogP contribution in [-0.4, -0.2) is 4.98 Å². The van der Waals surface area contributed by atoms with Crippen LogP contribution in [0, 0.1) is 0 Å². The van der Waals surface area contributed by atoms with Gasteiger partial charge in [-0.3, -0.25) is 4.98 Å². The van der Waals surface area contributed by atoms with Crippen LogP contribution in [0.15, 0.2) is 66.8 Å². The average molecular weight is 281 g/mol. The van der Waals surface area contributed by atoms with Gasteiger partial charge in [-0.1, -0.05) is 30.3 Å². The summed E-state index contributed by atoms with van der Waals surface area (Å²) in [7, 11) is 0. The van der Waals surface area contributed by atoms with E-state index >= 15 is 0 Å². The lowest BCUT2D eigenvalue weighted by atomic mass is 10.2. The van der Waals surface area contributed by atoms with Crippen LogP contribution in [0.2, 0.25) is 0 Å². The summed E-state index contributed by atoms with van der Waals surface area (Å²) >= 11 is 0. The van der Waals surface area contributed by atoms with Crippen molar-refractivity contribution in [1.29, 1.82) is 0 Å². The molecule has 108 valence electrons. The van der Waals surface area contributed by atoms with Gasteiger partial charge in [0.05, 0.1) is 11.5 Å². The number of nitrogens with two attached hydrogens (primary N) is 3. The van der Waals surface area contributed by atoms with E-state index in [1.165, 1.54) is 5.56 Å². The van der Waals surface area contributed by atoms with Crippen molar-refractivity contribution < 1.29 is 0 Å². The second kappa shape index (κ2) is 7.00. The lowest BCUT2D eigenvalue weighted by Gasteiger charge is -2.08. The van der Waals surface area contributed by atoms with Gasteiger partial charge in [-0.05, 0) is 23.8 Å². The largest absolute Gasteiger partial charge is 0.398 e. The molecule has 0 bridgehead atoms. The van der Waals surface area contributed by atoms with Gasteiger partial charge in [0.15, 0.2) is 0 Å². The van der Waals surface area contributed by atoms with Crippen molar-refractivity contribution in [2.24, 2.45) is 17.2 Å². The lowest BCUT2D eigenvalue weighted by Crippen LogP contribution is -2.07. The van der Waals surface area contributed by atoms with Crippen LogP contribution in [0.25, 0.3) is 5.70 Å². The third kappa shape index (κ3) is 4.58. The van der Waals surface area contributed by atoms with Crippen LogP contribution in [0.5, 0.6) is 0 Å². The molecule has 0 aliphatic rings. The number of anilines is 1. The summed E-state index contributed by atoms with van der Waals surface area (Å²) in [4.78, 5) is 4.18. The van der Waals surface area contributed by atoms with Gasteiger partial charge in [0.2, 0.25) is 0 Å². The highest BCUT2D eigenvalue weighted by atomic mass is 14.9. The molecule has 0 aliphatic heterocycles. The second-order valence-electron chi connectivity index (χ2n) is 4.59. The predicted octanol–water partition coefficient (Wildman–Crippen LogP) is 1.75. The SMILES string of the molecule is NC(N)=C/C=C(\N)c1cncc(NCc2ccccc2)c1. The molecule has 5 heteroatoms. The number of aromatic nitrogens is 1. The molecule has 2 aromatic rings. The zero-order valence-corrected chi connectivity index (χ0v) is 11.7. The molecule has 0 spiro atoms. The number of hydrogen-bond donors (Lipinski definition) is 4. The van der Waals surface area contributed by atoms with Crippen molar-refractivity contribution in [2.75, 3.05) is 5.32 Å². The molecule has 0 saturated heterocycles. The van der Waals surface area contributed by atoms with Gasteiger partial charge in [0, 0.05) is 30.2 Å². The minimum Gasteiger partial charge on any atom is -0.398 e. The van der Waals surface area contributed by atoms with E-state index in [0.29, 0.717) is 5.70 Å². The Labute approximate surface area is 124 Å². The minimum atomic E-state index is 0.212. The molecule has 1 aromatic carbocycles. The first-order valence-corrected chi connectivity index (χ1v) is 6.57. The number of rotatable bonds is 5. The number of allylic oxidation sites excluding steroid dienone is 2. The summed E-state index contributed by atoms with van der Waals surface area (Å²) in [5.74, 6) is 0.212. The van der Waals surface area contributed by atoms with Crippen molar-refractivity contribution in [3.8, 4) is 0 Å². The summed E-state index contributed by atoms with van der Waals surface area (Å²) < 4.78 is 0. The summed E-state index contributed by atoms with van der Waals surface area (Å²) in [6, 6.07) is 12.1. The highest BCUT2D eigenvalue weighted by Crippen LogP contribution is 2.14. The lowest BCUT2D eigenvalue weighted by molar-refractivity contribution is 1.13. The zero-order chi connectivity index (χ0) is 15.1. The number of pyridine rings is 1. The van der Waals surface area contributed by atoms with Crippen molar-refractivity contribution in [3.63, 3.8) is 0 Å². The molecule has 1 aromatic heterocycles. The molecule has 0 unspecified atom stereocenters. The molecular formula is C16H19N5. The number of nitrogens with zero attached hydrogens (tertiary/aromatic N) is 1. The van der Waals surface area contributed by atoms with Crippen LogP contribution >= 0.6 is 0 Å². The second-order valence-corrected chi connectivity index (χ2v) is 4.59. The molecule has 0 amide bonds. The van der Waals surface area contributed by atoms with Crippen molar-refractivity contribution in [2.45, 2.75) is 6.54 Å². The fourth-order valence-electron chi connectivity index (χ4n) is 1.78. The molecule has 0 aliphatic carbocycles. The summed E-state index contributed by atoms with van der Waals surface area (Å²) in [6.45, 7) is 0.727. The summed E-state index contributed by atoms with van der Waals surface area (Å²) in [5, 5.41) is 3.31. The van der Waals surface area contributed by atoms with Gasteiger partial charge in [-0.2, -0.15) is 0 Å². The van der Waals surface area contributed by atoms with Crippen molar-refractivity contribution >= 4 is 11.4 Å². The fraction of sp³-hybridized carbons (Fsp3) is 0.0625. The quantitative estimate of drug-likeness (QED) is 0.625. The first-order valence-electron chi connectivity index (χ1n) is 6.57. The van der Waals surface area contributed by atoms with E-state index in [2.05, 4.69) is 22.4 Å². The Morgan fingerprint density at radius 3 is 2.52 bits per heavy atom. The number of nitrogens with one attached hydrogen (secondary N) is 1. The Morgan fingerprint density at radius 1 is 1.05 bits per heavy atom. The van der Waals surface area contributed by atoms with E-state index < -0.39 is 0 Å². The third-order valence-electron chi connectivity index (χ3n) is 2.87. The summed E-state index contributed by atoms with van der Waals surface area (Å²) in [5.41, 5.74) is 20.2. The van der Waals surface area contributed by atoms with E-state index in [1.807, 2.05) is 24.3 Å². The van der Waals surface area contributed by atoms with Crippen LogP contribution < -0.4 is 22.5 Å². The normalized spacial score (nSPS) is 11.0. The molecule has 0 atom stereocenters. The molecule has 5 nitrogen and oxygen atoms in total. The first kappa shape index (κ1) is 14.5. The molecule has 0 fully saturated rings. The van der Waals surface area contributed by atoms with Gasteiger partial charge in [-0.15, -0.1) is 0 Å². The number of hydrogen-bond acceptors (Lipinski definition) is 5. The Kier molecular flexibility index (Phi) is 4.82. The van der Waals surface area contributed by atoms with E-state index in [4.69, 9.17) is 17.2 Å². The topological polar surface area (TPSA) is 103 Å². The van der Waals surface area contributed by atoms with Gasteiger partial charge < -0.3 is 22.5 Å². The van der Waals surface area contributed by atoms with Crippen LogP contribution in [-0.2, 0) is 6.54 Å². The summed E-state index contributed by atoms with van der Waals surface area (Å²) in [6.07, 6.45) is 6.67. The average Bonchev–Trinajstić information content (AvgIpc) is 2.52. The molecule has 21 heavy (non-hydrogen) atoms. The molecule has 0 saturated carbocycles. The smallest absolute Gasteiger partial charge is 0.0934 e. The van der Waals surface area contributed by atoms with Gasteiger partial charge >= 0.3 is 0 Å². The van der Waals surface area contributed by atoms with Crippen LogP contribution in [0.1, 0.15) is 11.1 Å². The highest BCUT2D eigenvalue weighted by Gasteiger charge is 1.99. The maximum atomic E-state index is 5.96. The van der Waals surface area contributed by atoms with Crippen molar-refractivity contribution in [3.05, 3.63) is 77.9 Å². The third-order valence-corrected chi connectivity index (χ3v) is 2.87. The Hall–Kier alpha value is -2.95. The Bertz CT molecular complexity index is 643. The Balaban J connectivity index is 2.07. The minimum absolute atomic E-state index is 0.212. The van der Waals surface area contributed by atoms with Gasteiger partial charge in [0.25, 0.3) is 0 Å². The van der Waals surface area contributed by atoms with E-state index in [1.54, 1.807) is 24.5 Å². The molecule has 1 heterocycles. The van der Waals surface area contributed by atoms with E-state index in [9.17, 15) is 0 Å². The van der Waals surface area contributed by atoms with E-state index in [0.717, 1.165) is 17.8 Å². The highest BCUT2D eigenvalue weighted by molar-refractivity contribution is 5.66. The molecular weight excluding hydrogens is 262 g/mol.